The Morgan fingerprint density at radius 2 is 1.56 bits per heavy atom. The van der Waals surface area contributed by atoms with Crippen LogP contribution in [-0.2, 0) is 6.61 Å². The largest absolute Gasteiger partial charge is 0.493 e. The first-order valence-corrected chi connectivity index (χ1v) is 10.7. The molecule has 34 heavy (non-hydrogen) atoms. The lowest BCUT2D eigenvalue weighted by molar-refractivity contribution is 0.0694. The second-order valence-electron chi connectivity index (χ2n) is 7.71. The number of hydrogen-bond acceptors (Lipinski definition) is 5. The number of rotatable bonds is 7. The monoisotopic (exact) mass is 451 g/mol. The number of aromatic carboxylic acids is 1. The number of nitrogens with zero attached hydrogens (tertiary/aromatic N) is 1. The summed E-state index contributed by atoms with van der Waals surface area (Å²) in [5.41, 5.74) is 1.75. The van der Waals surface area contributed by atoms with Gasteiger partial charge in [-0.2, -0.15) is 0 Å². The Bertz CT molecular complexity index is 1500. The normalized spacial score (nSPS) is 10.9. The SMILES string of the molecule is COc1cc2c(Oc3cc4ccccc4cc3C(=O)O)ccnc2cc1OCc1ccccc1. The lowest BCUT2D eigenvalue weighted by Crippen LogP contribution is -2.01. The van der Waals surface area contributed by atoms with Crippen molar-refractivity contribution in [2.45, 2.75) is 6.61 Å². The highest BCUT2D eigenvalue weighted by Gasteiger charge is 2.17. The van der Waals surface area contributed by atoms with Gasteiger partial charge in [0.05, 0.1) is 12.6 Å². The Morgan fingerprint density at radius 3 is 2.29 bits per heavy atom. The van der Waals surface area contributed by atoms with Crippen molar-refractivity contribution in [1.29, 1.82) is 0 Å². The second-order valence-corrected chi connectivity index (χ2v) is 7.71. The first kappa shape index (κ1) is 21.3. The van der Waals surface area contributed by atoms with Crippen molar-refractivity contribution in [3.63, 3.8) is 0 Å². The van der Waals surface area contributed by atoms with Gasteiger partial charge in [0.1, 0.15) is 23.7 Å². The van der Waals surface area contributed by atoms with Crippen LogP contribution in [0.25, 0.3) is 21.7 Å². The quantitative estimate of drug-likeness (QED) is 0.306. The van der Waals surface area contributed by atoms with Crippen LogP contribution in [0.3, 0.4) is 0 Å². The molecule has 6 heteroatoms. The van der Waals surface area contributed by atoms with Crippen LogP contribution in [0.2, 0.25) is 0 Å². The maximum atomic E-state index is 11.9. The minimum Gasteiger partial charge on any atom is -0.493 e. The molecular weight excluding hydrogens is 430 g/mol. The van der Waals surface area contributed by atoms with Crippen LogP contribution in [-0.4, -0.2) is 23.2 Å². The highest BCUT2D eigenvalue weighted by Crippen LogP contribution is 2.38. The van der Waals surface area contributed by atoms with Crippen molar-refractivity contribution < 1.29 is 24.1 Å². The number of carbonyl (C=O) groups is 1. The third kappa shape index (κ3) is 4.21. The summed E-state index contributed by atoms with van der Waals surface area (Å²) < 4.78 is 17.7. The zero-order valence-electron chi connectivity index (χ0n) is 18.4. The van der Waals surface area contributed by atoms with Crippen LogP contribution < -0.4 is 14.2 Å². The van der Waals surface area contributed by atoms with Crippen molar-refractivity contribution in [3.8, 4) is 23.0 Å². The van der Waals surface area contributed by atoms with Gasteiger partial charge in [-0.15, -0.1) is 0 Å². The van der Waals surface area contributed by atoms with Gasteiger partial charge in [0, 0.05) is 17.6 Å². The number of pyridine rings is 1. The molecule has 168 valence electrons. The minimum atomic E-state index is -1.06. The van der Waals surface area contributed by atoms with Crippen molar-refractivity contribution in [1.82, 2.24) is 4.98 Å². The smallest absolute Gasteiger partial charge is 0.339 e. The fourth-order valence-electron chi connectivity index (χ4n) is 3.81. The van der Waals surface area contributed by atoms with Crippen LogP contribution in [0.1, 0.15) is 15.9 Å². The fourth-order valence-corrected chi connectivity index (χ4v) is 3.81. The summed E-state index contributed by atoms with van der Waals surface area (Å²) in [5, 5.41) is 12.1. The number of ether oxygens (including phenoxy) is 3. The molecule has 1 aromatic heterocycles. The molecule has 0 saturated heterocycles. The van der Waals surface area contributed by atoms with E-state index in [9.17, 15) is 9.90 Å². The molecule has 0 aliphatic rings. The molecule has 0 unspecified atom stereocenters. The summed E-state index contributed by atoms with van der Waals surface area (Å²) in [6.45, 7) is 0.387. The van der Waals surface area contributed by atoms with E-state index in [2.05, 4.69) is 4.98 Å². The van der Waals surface area contributed by atoms with Gasteiger partial charge in [0.2, 0.25) is 0 Å². The zero-order chi connectivity index (χ0) is 23.5. The molecule has 1 heterocycles. The third-order valence-corrected chi connectivity index (χ3v) is 5.52. The van der Waals surface area contributed by atoms with Gasteiger partial charge in [-0.05, 0) is 40.6 Å². The van der Waals surface area contributed by atoms with Gasteiger partial charge in [0.15, 0.2) is 11.5 Å². The maximum absolute atomic E-state index is 11.9. The van der Waals surface area contributed by atoms with Crippen LogP contribution >= 0.6 is 0 Å². The average Bonchev–Trinajstić information content (AvgIpc) is 2.87. The summed E-state index contributed by atoms with van der Waals surface area (Å²) in [7, 11) is 1.57. The number of aromatic nitrogens is 1. The minimum absolute atomic E-state index is 0.0819. The van der Waals surface area contributed by atoms with Gasteiger partial charge in [-0.1, -0.05) is 54.6 Å². The van der Waals surface area contributed by atoms with Crippen molar-refractivity contribution in [2.24, 2.45) is 0 Å². The molecular formula is C28H21NO5. The average molecular weight is 451 g/mol. The summed E-state index contributed by atoms with van der Waals surface area (Å²) in [6, 6.07) is 26.0. The standard InChI is InChI=1S/C28H21NO5/c1-32-26-15-21-23(16-27(26)33-17-18-7-3-2-4-8-18)29-12-11-24(21)34-25-14-20-10-6-5-9-19(20)13-22(25)28(30)31/h2-16H,17H2,1H3,(H,30,31). The number of methoxy groups -OCH3 is 1. The molecule has 5 aromatic rings. The van der Waals surface area contributed by atoms with E-state index in [0.717, 1.165) is 16.3 Å². The summed E-state index contributed by atoms with van der Waals surface area (Å²) in [6.07, 6.45) is 1.62. The van der Waals surface area contributed by atoms with Gasteiger partial charge in [0.25, 0.3) is 0 Å². The van der Waals surface area contributed by atoms with E-state index in [4.69, 9.17) is 14.2 Å². The van der Waals surface area contributed by atoms with Crippen LogP contribution in [0.5, 0.6) is 23.0 Å². The first-order valence-electron chi connectivity index (χ1n) is 10.7. The molecule has 0 spiro atoms. The predicted molar refractivity (Wildman–Crippen MR) is 130 cm³/mol. The fraction of sp³-hybridized carbons (Fsp3) is 0.0714. The van der Waals surface area contributed by atoms with Gasteiger partial charge < -0.3 is 19.3 Å². The van der Waals surface area contributed by atoms with E-state index >= 15 is 0 Å². The number of carboxylic acid groups (broad SMARTS) is 1. The Kier molecular flexibility index (Phi) is 5.70. The second kappa shape index (κ2) is 9.11. The molecule has 5 rings (SSSR count). The molecule has 0 bridgehead atoms. The third-order valence-electron chi connectivity index (χ3n) is 5.52. The Hall–Kier alpha value is -4.58. The topological polar surface area (TPSA) is 77.9 Å². The highest BCUT2D eigenvalue weighted by atomic mass is 16.5. The number of fused-ring (bicyclic) bond motifs is 2. The van der Waals surface area contributed by atoms with Gasteiger partial charge in [-0.25, -0.2) is 4.79 Å². The summed E-state index contributed by atoms with van der Waals surface area (Å²) >= 11 is 0. The van der Waals surface area contributed by atoms with E-state index in [1.807, 2.05) is 54.6 Å². The Morgan fingerprint density at radius 1 is 0.824 bits per heavy atom. The van der Waals surface area contributed by atoms with E-state index in [1.165, 1.54) is 0 Å². The van der Waals surface area contributed by atoms with Gasteiger partial charge >= 0.3 is 5.97 Å². The molecule has 1 N–H and O–H groups in total. The van der Waals surface area contributed by atoms with E-state index in [0.29, 0.717) is 34.8 Å². The molecule has 0 fully saturated rings. The number of carboxylic acids is 1. The molecule has 0 aliphatic heterocycles. The zero-order valence-corrected chi connectivity index (χ0v) is 18.4. The Labute approximate surface area is 196 Å². The lowest BCUT2D eigenvalue weighted by Gasteiger charge is -2.15. The maximum Gasteiger partial charge on any atom is 0.339 e. The molecule has 0 saturated carbocycles. The van der Waals surface area contributed by atoms with Crippen LogP contribution in [0.4, 0.5) is 0 Å². The molecule has 4 aromatic carbocycles. The Balaban J connectivity index is 1.53. The van der Waals surface area contributed by atoms with Crippen LogP contribution in [0.15, 0.2) is 91.1 Å². The number of hydrogen-bond donors (Lipinski definition) is 1. The van der Waals surface area contributed by atoms with E-state index < -0.39 is 5.97 Å². The molecule has 0 atom stereocenters. The van der Waals surface area contributed by atoms with E-state index in [-0.39, 0.29) is 11.3 Å². The van der Waals surface area contributed by atoms with Crippen molar-refractivity contribution in [2.75, 3.05) is 7.11 Å². The highest BCUT2D eigenvalue weighted by molar-refractivity contribution is 5.98. The van der Waals surface area contributed by atoms with E-state index in [1.54, 1.807) is 43.6 Å². The lowest BCUT2D eigenvalue weighted by atomic mass is 10.1. The molecule has 0 amide bonds. The molecule has 0 radical (unpaired) electrons. The number of benzene rings is 4. The summed E-state index contributed by atoms with van der Waals surface area (Å²) in [5.74, 6) is 0.740. The van der Waals surface area contributed by atoms with Crippen LogP contribution in [0, 0.1) is 0 Å². The van der Waals surface area contributed by atoms with Gasteiger partial charge in [-0.3, -0.25) is 4.98 Å². The molecule has 0 aliphatic carbocycles. The molecule has 6 nitrogen and oxygen atoms in total. The summed E-state index contributed by atoms with van der Waals surface area (Å²) in [4.78, 5) is 16.4. The van der Waals surface area contributed by atoms with Crippen molar-refractivity contribution >= 4 is 27.6 Å². The first-order chi connectivity index (χ1) is 16.6. The van der Waals surface area contributed by atoms with Crippen molar-refractivity contribution in [3.05, 3.63) is 102 Å². The predicted octanol–water partition coefficient (Wildman–Crippen LogP) is 6.47.